The second-order valence-electron chi connectivity index (χ2n) is 2.31. The van der Waals surface area contributed by atoms with Crippen LogP contribution in [-0.2, 0) is 7.05 Å². The third-order valence-corrected chi connectivity index (χ3v) is 1.52. The summed E-state index contributed by atoms with van der Waals surface area (Å²) in [5, 5.41) is 0. The lowest BCUT2D eigenvalue weighted by Gasteiger charge is -1.95. The van der Waals surface area contributed by atoms with Crippen molar-refractivity contribution < 1.29 is 4.79 Å². The van der Waals surface area contributed by atoms with Crippen LogP contribution in [0.1, 0.15) is 17.4 Å². The molecular weight excluding hydrogens is 178 g/mol. The van der Waals surface area contributed by atoms with Gasteiger partial charge in [-0.05, 0) is 0 Å². The number of carbonyl (C=O) groups excluding carboxylic acids is 1. The van der Waals surface area contributed by atoms with Gasteiger partial charge in [-0.2, -0.15) is 0 Å². The zero-order chi connectivity index (χ0) is 9.14. The smallest absolute Gasteiger partial charge is 0.182 e. The number of aliphatic imine (C=N–C) groups is 1. The van der Waals surface area contributed by atoms with Gasteiger partial charge in [-0.3, -0.25) is 4.79 Å². The van der Waals surface area contributed by atoms with Crippen molar-refractivity contribution >= 4 is 28.9 Å². The van der Waals surface area contributed by atoms with Gasteiger partial charge < -0.3 is 4.57 Å². The molecule has 0 atom stereocenters. The first-order chi connectivity index (χ1) is 5.66. The van der Waals surface area contributed by atoms with Crippen LogP contribution in [0.2, 0.25) is 0 Å². The molecular formula is C7H8ClN3O. The molecule has 0 amide bonds. The lowest BCUT2D eigenvalue weighted by atomic mass is 10.3. The van der Waals surface area contributed by atoms with Crippen molar-refractivity contribution in [3.8, 4) is 0 Å². The minimum Gasteiger partial charge on any atom is -0.329 e. The number of hydrogen-bond donors (Lipinski definition) is 0. The van der Waals surface area contributed by atoms with Crippen molar-refractivity contribution in [1.82, 2.24) is 9.55 Å². The highest BCUT2D eigenvalue weighted by atomic mass is 35.5. The summed E-state index contributed by atoms with van der Waals surface area (Å²) in [6.45, 7) is 1.46. The lowest BCUT2D eigenvalue weighted by Crippen LogP contribution is -2.00. The number of ketones is 1. The SMILES string of the molecule is CC(=O)c1c(/N=C/Cl)ncn1C. The highest BCUT2D eigenvalue weighted by Gasteiger charge is 2.11. The lowest BCUT2D eigenvalue weighted by molar-refractivity contribution is 0.101. The average Bonchev–Trinajstić information content (AvgIpc) is 2.32. The quantitative estimate of drug-likeness (QED) is 0.518. The van der Waals surface area contributed by atoms with E-state index in [9.17, 15) is 4.79 Å². The van der Waals surface area contributed by atoms with Gasteiger partial charge in [0.25, 0.3) is 0 Å². The van der Waals surface area contributed by atoms with Gasteiger partial charge >= 0.3 is 0 Å². The topological polar surface area (TPSA) is 47.2 Å². The molecule has 0 aliphatic rings. The van der Waals surface area contributed by atoms with E-state index < -0.39 is 0 Å². The molecule has 0 aliphatic carbocycles. The molecule has 0 aromatic carbocycles. The average molecular weight is 186 g/mol. The first-order valence-corrected chi connectivity index (χ1v) is 3.75. The molecule has 0 aliphatic heterocycles. The molecule has 4 nitrogen and oxygen atoms in total. The van der Waals surface area contributed by atoms with Gasteiger partial charge in [-0.15, -0.1) is 0 Å². The van der Waals surface area contributed by atoms with Crippen molar-refractivity contribution in [2.24, 2.45) is 12.0 Å². The van der Waals surface area contributed by atoms with Crippen LogP contribution in [0.3, 0.4) is 0 Å². The Morgan fingerprint density at radius 3 is 3.00 bits per heavy atom. The van der Waals surface area contributed by atoms with Crippen LogP contribution in [0.25, 0.3) is 0 Å². The highest BCUT2D eigenvalue weighted by molar-refractivity contribution is 6.56. The van der Waals surface area contributed by atoms with Crippen molar-refractivity contribution in [1.29, 1.82) is 0 Å². The summed E-state index contributed by atoms with van der Waals surface area (Å²) in [5.41, 5.74) is 1.56. The Morgan fingerprint density at radius 2 is 2.50 bits per heavy atom. The Bertz CT molecular complexity index is 329. The Kier molecular flexibility index (Phi) is 2.60. The van der Waals surface area contributed by atoms with E-state index in [2.05, 4.69) is 9.98 Å². The molecule has 1 aromatic rings. The van der Waals surface area contributed by atoms with Crippen molar-refractivity contribution in [2.75, 3.05) is 0 Å². The predicted molar refractivity (Wildman–Crippen MR) is 47.2 cm³/mol. The molecule has 1 heterocycles. The first-order valence-electron chi connectivity index (χ1n) is 3.31. The fraction of sp³-hybridized carbons (Fsp3) is 0.286. The Morgan fingerprint density at radius 1 is 1.83 bits per heavy atom. The third-order valence-electron chi connectivity index (χ3n) is 1.42. The largest absolute Gasteiger partial charge is 0.329 e. The minimum atomic E-state index is -0.0766. The molecule has 0 spiro atoms. The number of carbonyl (C=O) groups is 1. The van der Waals surface area contributed by atoms with E-state index in [4.69, 9.17) is 11.6 Å². The molecule has 0 N–H and O–H groups in total. The zero-order valence-corrected chi connectivity index (χ0v) is 7.54. The fourth-order valence-electron chi connectivity index (χ4n) is 0.964. The van der Waals surface area contributed by atoms with Gasteiger partial charge in [0.05, 0.1) is 12.0 Å². The summed E-state index contributed by atoms with van der Waals surface area (Å²) in [5.74, 6) is 0.285. The normalized spacial score (nSPS) is 10.9. The van der Waals surface area contributed by atoms with E-state index in [1.807, 2.05) is 0 Å². The fourth-order valence-corrected chi connectivity index (χ4v) is 1.06. The number of nitrogens with zero attached hydrogens (tertiary/aromatic N) is 3. The zero-order valence-electron chi connectivity index (χ0n) is 6.78. The predicted octanol–water partition coefficient (Wildman–Crippen LogP) is 1.52. The number of aromatic nitrogens is 2. The molecule has 64 valence electrons. The highest BCUT2D eigenvalue weighted by Crippen LogP contribution is 2.15. The number of rotatable bonds is 2. The first kappa shape index (κ1) is 8.93. The van der Waals surface area contributed by atoms with E-state index in [0.717, 1.165) is 5.67 Å². The summed E-state index contributed by atoms with van der Waals surface area (Å²) >= 11 is 5.27. The maximum Gasteiger partial charge on any atom is 0.182 e. The van der Waals surface area contributed by atoms with Gasteiger partial charge in [0.1, 0.15) is 5.69 Å². The van der Waals surface area contributed by atoms with Crippen molar-refractivity contribution in [3.05, 3.63) is 12.0 Å². The van der Waals surface area contributed by atoms with E-state index in [1.165, 1.54) is 13.3 Å². The monoisotopic (exact) mass is 185 g/mol. The summed E-state index contributed by atoms with van der Waals surface area (Å²) in [6.07, 6.45) is 1.52. The van der Waals surface area contributed by atoms with E-state index in [0.29, 0.717) is 11.5 Å². The standard InChI is InChI=1S/C7H8ClN3O/c1-5(12)6-7(9-3-8)10-4-11(6)2/h3-4H,1-2H3/b9-3+. The Labute approximate surface area is 74.9 Å². The molecule has 5 heteroatoms. The van der Waals surface area contributed by atoms with Gasteiger partial charge in [-0.1, -0.05) is 11.6 Å². The Balaban J connectivity index is 3.21. The van der Waals surface area contributed by atoms with Crippen LogP contribution < -0.4 is 0 Å². The van der Waals surface area contributed by atoms with E-state index in [1.54, 1.807) is 11.6 Å². The molecule has 0 saturated heterocycles. The summed E-state index contributed by atoms with van der Waals surface area (Å²) in [4.78, 5) is 18.7. The minimum absolute atomic E-state index is 0.0766. The molecule has 12 heavy (non-hydrogen) atoms. The number of Topliss-reactive ketones (excluding diaryl/α,β-unsaturated/α-hetero) is 1. The second-order valence-corrected chi connectivity index (χ2v) is 2.51. The number of aryl methyl sites for hydroxylation is 1. The summed E-state index contributed by atoms with van der Waals surface area (Å²) in [7, 11) is 1.73. The van der Waals surface area contributed by atoms with Crippen molar-refractivity contribution in [2.45, 2.75) is 6.92 Å². The molecule has 0 saturated carbocycles. The molecule has 0 radical (unpaired) electrons. The van der Waals surface area contributed by atoms with Crippen LogP contribution in [0.5, 0.6) is 0 Å². The van der Waals surface area contributed by atoms with Gasteiger partial charge in [0.2, 0.25) is 0 Å². The molecule has 0 unspecified atom stereocenters. The third kappa shape index (κ3) is 1.53. The molecule has 1 aromatic heterocycles. The van der Waals surface area contributed by atoms with Crippen LogP contribution in [-0.4, -0.2) is 21.0 Å². The second kappa shape index (κ2) is 3.49. The van der Waals surface area contributed by atoms with Crippen LogP contribution in [0.4, 0.5) is 5.82 Å². The Hall–Kier alpha value is -1.16. The molecule has 0 bridgehead atoms. The van der Waals surface area contributed by atoms with Crippen LogP contribution in [0, 0.1) is 0 Å². The van der Waals surface area contributed by atoms with Crippen LogP contribution in [0.15, 0.2) is 11.3 Å². The van der Waals surface area contributed by atoms with E-state index >= 15 is 0 Å². The molecule has 1 rings (SSSR count). The van der Waals surface area contributed by atoms with E-state index in [-0.39, 0.29) is 5.78 Å². The number of imidazole rings is 1. The van der Waals surface area contributed by atoms with Gasteiger partial charge in [0, 0.05) is 14.0 Å². The molecule has 0 fully saturated rings. The number of halogens is 1. The maximum atomic E-state index is 11.0. The summed E-state index contributed by atoms with van der Waals surface area (Å²) < 4.78 is 1.61. The van der Waals surface area contributed by atoms with Gasteiger partial charge in [-0.25, -0.2) is 9.98 Å². The van der Waals surface area contributed by atoms with Crippen molar-refractivity contribution in [3.63, 3.8) is 0 Å². The van der Waals surface area contributed by atoms with Gasteiger partial charge in [0.15, 0.2) is 11.6 Å². The number of hydrogen-bond acceptors (Lipinski definition) is 3. The maximum absolute atomic E-state index is 11.0. The summed E-state index contributed by atoms with van der Waals surface area (Å²) in [6, 6.07) is 0. The van der Waals surface area contributed by atoms with Crippen LogP contribution >= 0.6 is 11.6 Å².